The van der Waals surface area contributed by atoms with Gasteiger partial charge in [-0.2, -0.15) is 0 Å². The summed E-state index contributed by atoms with van der Waals surface area (Å²) in [5.41, 5.74) is 1.41. The van der Waals surface area contributed by atoms with Gasteiger partial charge in [0.2, 0.25) is 0 Å². The van der Waals surface area contributed by atoms with E-state index < -0.39 is 5.97 Å². The Labute approximate surface area is 146 Å². The highest BCUT2D eigenvalue weighted by Crippen LogP contribution is 2.53. The van der Waals surface area contributed by atoms with Crippen molar-refractivity contribution in [3.8, 4) is 0 Å². The summed E-state index contributed by atoms with van der Waals surface area (Å²) < 4.78 is 0. The quantitative estimate of drug-likeness (QED) is 0.454. The zero-order valence-corrected chi connectivity index (χ0v) is 15.4. The molecule has 24 heavy (non-hydrogen) atoms. The summed E-state index contributed by atoms with van der Waals surface area (Å²) in [6.45, 7) is 8.92. The Balaban J connectivity index is 2.36. The molecule has 0 aromatic heterocycles. The van der Waals surface area contributed by atoms with E-state index in [4.69, 9.17) is 5.11 Å². The first kappa shape index (κ1) is 19.0. The molecule has 0 unspecified atom stereocenters. The molecule has 134 valence electrons. The number of aliphatic hydroxyl groups excluding tert-OH is 1. The molecule has 3 heteroatoms. The molecule has 0 saturated heterocycles. The average Bonchev–Trinajstić information content (AvgIpc) is 2.53. The van der Waals surface area contributed by atoms with Gasteiger partial charge in [-0.1, -0.05) is 43.7 Å². The summed E-state index contributed by atoms with van der Waals surface area (Å²) in [6.07, 6.45) is 12.0. The number of carboxylic acids is 1. The van der Waals surface area contributed by atoms with Crippen LogP contribution in [-0.4, -0.2) is 22.3 Å². The number of hydrogen-bond donors (Lipinski definition) is 2. The lowest BCUT2D eigenvalue weighted by atomic mass is 9.53. The minimum Gasteiger partial charge on any atom is -0.478 e. The molecule has 0 spiro atoms. The summed E-state index contributed by atoms with van der Waals surface area (Å²) in [4.78, 5) is 10.7. The van der Waals surface area contributed by atoms with Gasteiger partial charge in [0.15, 0.2) is 0 Å². The van der Waals surface area contributed by atoms with Gasteiger partial charge in [-0.05, 0) is 68.6 Å². The van der Waals surface area contributed by atoms with Gasteiger partial charge in [-0.3, -0.25) is 0 Å². The van der Waals surface area contributed by atoms with Gasteiger partial charge in [-0.25, -0.2) is 4.79 Å². The van der Waals surface area contributed by atoms with Crippen LogP contribution in [0.5, 0.6) is 0 Å². The molecule has 2 aliphatic rings. The first-order valence-corrected chi connectivity index (χ1v) is 9.25. The van der Waals surface area contributed by atoms with Crippen molar-refractivity contribution in [1.29, 1.82) is 0 Å². The fraction of sp³-hybridized carbons (Fsp3) is 0.667. The predicted molar refractivity (Wildman–Crippen MR) is 97.5 cm³/mol. The van der Waals surface area contributed by atoms with Crippen LogP contribution in [0.25, 0.3) is 0 Å². The van der Waals surface area contributed by atoms with Crippen LogP contribution in [0.15, 0.2) is 36.0 Å². The van der Waals surface area contributed by atoms with Gasteiger partial charge in [0, 0.05) is 6.08 Å². The minimum atomic E-state index is -0.919. The third kappa shape index (κ3) is 4.00. The van der Waals surface area contributed by atoms with E-state index in [1.54, 1.807) is 6.08 Å². The van der Waals surface area contributed by atoms with E-state index in [9.17, 15) is 9.90 Å². The number of carbonyl (C=O) groups is 1. The molecular formula is C21H32O3. The molecule has 2 rings (SSSR count). The van der Waals surface area contributed by atoms with Crippen LogP contribution in [0, 0.1) is 35.5 Å². The smallest absolute Gasteiger partial charge is 0.328 e. The highest BCUT2D eigenvalue weighted by atomic mass is 16.4. The summed E-state index contributed by atoms with van der Waals surface area (Å²) >= 11 is 0. The summed E-state index contributed by atoms with van der Waals surface area (Å²) in [6, 6.07) is 0. The molecule has 0 aromatic rings. The van der Waals surface area contributed by atoms with Gasteiger partial charge in [0.1, 0.15) is 0 Å². The number of aliphatic carboxylic acids is 1. The second-order valence-electron chi connectivity index (χ2n) is 7.79. The fourth-order valence-corrected chi connectivity index (χ4v) is 5.22. The van der Waals surface area contributed by atoms with Gasteiger partial charge in [-0.15, -0.1) is 0 Å². The SMILES string of the molecule is C/C=C(\C)[C@@H]1[C@@H](/C=C/C=C/C(=O)O)[C@@H]2[C@@H](C[C@@H]1C)[C@@H](O)CC[C@@H]2C. The average molecular weight is 332 g/mol. The first-order chi connectivity index (χ1) is 11.4. The van der Waals surface area contributed by atoms with Crippen molar-refractivity contribution in [3.05, 3.63) is 36.0 Å². The third-order valence-corrected chi connectivity index (χ3v) is 6.34. The monoisotopic (exact) mass is 332 g/mol. The van der Waals surface area contributed by atoms with Gasteiger partial charge in [0.05, 0.1) is 6.10 Å². The zero-order valence-electron chi connectivity index (χ0n) is 15.4. The van der Waals surface area contributed by atoms with Crippen molar-refractivity contribution in [3.63, 3.8) is 0 Å². The van der Waals surface area contributed by atoms with E-state index in [0.717, 1.165) is 19.3 Å². The molecule has 2 fully saturated rings. The second kappa shape index (κ2) is 8.15. The van der Waals surface area contributed by atoms with Gasteiger partial charge in [0.25, 0.3) is 0 Å². The van der Waals surface area contributed by atoms with E-state index in [-0.39, 0.29) is 6.10 Å². The van der Waals surface area contributed by atoms with Crippen molar-refractivity contribution >= 4 is 5.97 Å². The normalized spacial score (nSPS) is 40.9. The molecule has 0 amide bonds. The van der Waals surface area contributed by atoms with Gasteiger partial charge < -0.3 is 10.2 Å². The Bertz CT molecular complexity index is 531. The maximum absolute atomic E-state index is 10.7. The summed E-state index contributed by atoms with van der Waals surface area (Å²) in [5.74, 6) is 1.87. The maximum atomic E-state index is 10.7. The number of hydrogen-bond acceptors (Lipinski definition) is 2. The van der Waals surface area contributed by atoms with Crippen LogP contribution in [-0.2, 0) is 4.79 Å². The summed E-state index contributed by atoms with van der Waals surface area (Å²) in [5, 5.41) is 19.3. The Morgan fingerprint density at radius 1 is 1.12 bits per heavy atom. The number of aliphatic hydroxyl groups is 1. The van der Waals surface area contributed by atoms with E-state index in [0.29, 0.717) is 35.5 Å². The topological polar surface area (TPSA) is 57.5 Å². The largest absolute Gasteiger partial charge is 0.478 e. The molecule has 0 aliphatic heterocycles. The van der Waals surface area contributed by atoms with Crippen molar-refractivity contribution in [2.75, 3.05) is 0 Å². The molecule has 2 saturated carbocycles. The third-order valence-electron chi connectivity index (χ3n) is 6.34. The molecule has 0 aromatic carbocycles. The van der Waals surface area contributed by atoms with Crippen molar-refractivity contribution in [2.24, 2.45) is 35.5 Å². The lowest BCUT2D eigenvalue weighted by Crippen LogP contribution is -2.48. The Kier molecular flexibility index (Phi) is 6.45. The van der Waals surface area contributed by atoms with E-state index in [1.165, 1.54) is 11.6 Å². The van der Waals surface area contributed by atoms with Crippen LogP contribution >= 0.6 is 0 Å². The van der Waals surface area contributed by atoms with Crippen LogP contribution < -0.4 is 0 Å². The highest BCUT2D eigenvalue weighted by molar-refractivity contribution is 5.80. The van der Waals surface area contributed by atoms with Crippen molar-refractivity contribution in [2.45, 2.75) is 53.1 Å². The number of allylic oxidation sites excluding steroid dienone is 5. The van der Waals surface area contributed by atoms with Gasteiger partial charge >= 0.3 is 5.97 Å². The minimum absolute atomic E-state index is 0.189. The molecule has 7 atom stereocenters. The fourth-order valence-electron chi connectivity index (χ4n) is 5.22. The van der Waals surface area contributed by atoms with E-state index >= 15 is 0 Å². The Morgan fingerprint density at radius 2 is 1.83 bits per heavy atom. The number of rotatable bonds is 4. The molecule has 3 nitrogen and oxygen atoms in total. The van der Waals surface area contributed by atoms with Crippen molar-refractivity contribution in [1.82, 2.24) is 0 Å². The molecule has 2 aliphatic carbocycles. The molecule has 2 N–H and O–H groups in total. The second-order valence-corrected chi connectivity index (χ2v) is 7.79. The van der Waals surface area contributed by atoms with Crippen LogP contribution in [0.1, 0.15) is 47.0 Å². The Hall–Kier alpha value is -1.35. The number of carboxylic acid groups (broad SMARTS) is 1. The number of fused-ring (bicyclic) bond motifs is 1. The first-order valence-electron chi connectivity index (χ1n) is 9.25. The predicted octanol–water partition coefficient (Wildman–Crippen LogP) is 4.45. The lowest BCUT2D eigenvalue weighted by molar-refractivity contribution is -0.131. The van der Waals surface area contributed by atoms with Crippen LogP contribution in [0.3, 0.4) is 0 Å². The summed E-state index contributed by atoms with van der Waals surface area (Å²) in [7, 11) is 0. The molecule has 0 bridgehead atoms. The van der Waals surface area contributed by atoms with E-state index in [2.05, 4.69) is 39.8 Å². The zero-order chi connectivity index (χ0) is 17.9. The highest BCUT2D eigenvalue weighted by Gasteiger charge is 2.48. The maximum Gasteiger partial charge on any atom is 0.328 e. The lowest BCUT2D eigenvalue weighted by Gasteiger charge is -2.52. The molecule has 0 heterocycles. The van der Waals surface area contributed by atoms with Crippen molar-refractivity contribution < 1.29 is 15.0 Å². The van der Waals surface area contributed by atoms with Crippen LogP contribution in [0.2, 0.25) is 0 Å². The standard InChI is InChI=1S/C21H32O3/c1-5-13(2)20-15(4)12-17-18(22)11-10-14(3)21(17)16(20)8-6-7-9-19(23)24/h5-9,14-18,20-22H,10-12H2,1-4H3,(H,23,24)/b8-6+,9-7+,13-5+/t14-,15-,16+,17-,18-,20-,21+/m0/s1. The Morgan fingerprint density at radius 3 is 2.46 bits per heavy atom. The molecular weight excluding hydrogens is 300 g/mol. The molecule has 0 radical (unpaired) electrons. The van der Waals surface area contributed by atoms with Crippen LogP contribution in [0.4, 0.5) is 0 Å². The van der Waals surface area contributed by atoms with E-state index in [1.807, 2.05) is 6.08 Å².